The van der Waals surface area contributed by atoms with Gasteiger partial charge in [0.1, 0.15) is 16.7 Å². The van der Waals surface area contributed by atoms with Crippen LogP contribution in [0.2, 0.25) is 0 Å². The van der Waals surface area contributed by atoms with Gasteiger partial charge in [-0.3, -0.25) is 34.4 Å². The van der Waals surface area contributed by atoms with Crippen molar-refractivity contribution < 1.29 is 23.7 Å². The van der Waals surface area contributed by atoms with Crippen LogP contribution in [0.3, 0.4) is 0 Å². The first-order valence-corrected chi connectivity index (χ1v) is 11.3. The quantitative estimate of drug-likeness (QED) is 0.250. The Morgan fingerprint density at radius 1 is 1.14 bits per heavy atom. The fourth-order valence-electron chi connectivity index (χ4n) is 5.71. The Hall–Kier alpha value is -4.34. The number of hydrogen-bond donors (Lipinski definition) is 1. The van der Waals surface area contributed by atoms with Crippen molar-refractivity contribution in [1.29, 1.82) is 0 Å². The number of carbonyl (C=O) groups excluding carboxylic acids is 3. The van der Waals surface area contributed by atoms with Gasteiger partial charge in [0.15, 0.2) is 0 Å². The van der Waals surface area contributed by atoms with Crippen molar-refractivity contribution in [1.82, 2.24) is 9.88 Å². The molecule has 1 saturated carbocycles. The maximum Gasteiger partial charge on any atom is 0.433 e. The highest BCUT2D eigenvalue weighted by Crippen LogP contribution is 2.54. The number of fused-ring (bicyclic) bond motifs is 6. The number of imide groups is 1. The lowest BCUT2D eigenvalue weighted by atomic mass is 9.85. The van der Waals surface area contributed by atoms with Gasteiger partial charge >= 0.3 is 5.88 Å². The molecule has 0 radical (unpaired) electrons. The summed E-state index contributed by atoms with van der Waals surface area (Å²) < 4.78 is 5.37. The minimum atomic E-state index is -1.09. The summed E-state index contributed by atoms with van der Waals surface area (Å²) in [7, 11) is 0. The Kier molecular flexibility index (Phi) is 4.77. The molecule has 1 N–H and O–H groups in total. The molecule has 35 heavy (non-hydrogen) atoms. The van der Waals surface area contributed by atoms with Crippen molar-refractivity contribution in [3.05, 3.63) is 76.7 Å². The molecule has 2 bridgehead atoms. The van der Waals surface area contributed by atoms with Gasteiger partial charge in [0, 0.05) is 17.3 Å². The summed E-state index contributed by atoms with van der Waals surface area (Å²) in [6.07, 6.45) is 6.11. The van der Waals surface area contributed by atoms with E-state index in [9.17, 15) is 24.5 Å². The summed E-state index contributed by atoms with van der Waals surface area (Å²) in [6.45, 7) is 0. The van der Waals surface area contributed by atoms with Crippen LogP contribution < -0.4 is 5.32 Å². The molecule has 2 fully saturated rings. The number of amides is 3. The normalized spacial score (nSPS) is 25.3. The minimum Gasteiger partial charge on any atom is -0.404 e. The summed E-state index contributed by atoms with van der Waals surface area (Å²) in [5, 5.41) is 14.8. The van der Waals surface area contributed by atoms with E-state index in [-0.39, 0.29) is 35.8 Å². The molecule has 2 aliphatic carbocycles. The van der Waals surface area contributed by atoms with E-state index in [2.05, 4.69) is 10.3 Å². The van der Waals surface area contributed by atoms with Gasteiger partial charge < -0.3 is 9.73 Å². The van der Waals surface area contributed by atoms with Crippen molar-refractivity contribution >= 4 is 40.2 Å². The topological polar surface area (TPSA) is 136 Å². The van der Waals surface area contributed by atoms with Gasteiger partial charge in [0.25, 0.3) is 0 Å². The zero-order valence-electron chi connectivity index (χ0n) is 18.4. The Balaban J connectivity index is 1.29. The summed E-state index contributed by atoms with van der Waals surface area (Å²) in [5.41, 5.74) is 1.30. The molecule has 5 atom stereocenters. The fraction of sp³-hybridized carbons (Fsp3) is 0.280. The molecule has 10 heteroatoms. The number of rotatable bonds is 6. The number of furan rings is 1. The third-order valence-electron chi connectivity index (χ3n) is 7.20. The monoisotopic (exact) mass is 472 g/mol. The lowest BCUT2D eigenvalue weighted by molar-refractivity contribution is -0.402. The van der Waals surface area contributed by atoms with E-state index < -0.39 is 34.6 Å². The number of carbonyl (C=O) groups is 3. The molecule has 10 nitrogen and oxygen atoms in total. The number of nitrogens with zero attached hydrogens (tertiary/aromatic N) is 3. The molecule has 6 rings (SSSR count). The number of nitro groups is 1. The Labute approximate surface area is 198 Å². The number of aromatic nitrogens is 1. The van der Waals surface area contributed by atoms with Crippen LogP contribution in [0.25, 0.3) is 10.9 Å². The molecule has 3 amide bonds. The molecule has 0 spiro atoms. The first-order valence-electron chi connectivity index (χ1n) is 11.3. The number of anilines is 1. The highest BCUT2D eigenvalue weighted by atomic mass is 16.6. The number of pyridine rings is 1. The third kappa shape index (κ3) is 3.40. The zero-order chi connectivity index (χ0) is 24.3. The standard InChI is InChI=1S/C25H20N4O6/c30-20(27-16-5-6-17-13(11-16)2-1-9-26-17)12-18(19-7-8-21(35-19)29(33)34)28-24(31)22-14-3-4-15(10-14)23(22)25(28)32/h1-9,11,14-15,18,22-23H,10,12H2,(H,27,30). The van der Waals surface area contributed by atoms with Gasteiger partial charge in [0.05, 0.1) is 29.8 Å². The van der Waals surface area contributed by atoms with Crippen LogP contribution >= 0.6 is 0 Å². The SMILES string of the molecule is O=C(CC(c1ccc([N+](=O)[O-])o1)N1C(=O)C2C3C=CC(C3)C2C1=O)Nc1ccc2ncccc2c1. The van der Waals surface area contributed by atoms with E-state index in [1.807, 2.05) is 18.2 Å². The third-order valence-corrected chi connectivity index (χ3v) is 7.20. The van der Waals surface area contributed by atoms with E-state index in [0.717, 1.165) is 28.3 Å². The van der Waals surface area contributed by atoms with E-state index in [0.29, 0.717) is 5.69 Å². The Bertz CT molecular complexity index is 1400. The second-order valence-corrected chi connectivity index (χ2v) is 9.16. The molecule has 5 unspecified atom stereocenters. The number of likely N-dealkylation sites (tertiary alicyclic amines) is 1. The molecule has 176 valence electrons. The molecule has 2 aromatic heterocycles. The van der Waals surface area contributed by atoms with Crippen LogP contribution in [-0.4, -0.2) is 32.5 Å². The van der Waals surface area contributed by atoms with Crippen molar-refractivity contribution in [2.24, 2.45) is 23.7 Å². The number of allylic oxidation sites excluding steroid dienone is 2. The van der Waals surface area contributed by atoms with E-state index in [1.54, 1.807) is 30.5 Å². The first-order chi connectivity index (χ1) is 16.9. The largest absolute Gasteiger partial charge is 0.433 e. The van der Waals surface area contributed by atoms with Crippen molar-refractivity contribution in [2.45, 2.75) is 18.9 Å². The molecule has 1 saturated heterocycles. The summed E-state index contributed by atoms with van der Waals surface area (Å²) in [5.74, 6) is -2.59. The molecular formula is C25H20N4O6. The van der Waals surface area contributed by atoms with Crippen molar-refractivity contribution in [2.75, 3.05) is 5.32 Å². The fourth-order valence-corrected chi connectivity index (χ4v) is 5.71. The molecule has 3 aromatic rings. The lowest BCUT2D eigenvalue weighted by Gasteiger charge is -2.26. The van der Waals surface area contributed by atoms with Crippen LogP contribution in [0.4, 0.5) is 11.6 Å². The van der Waals surface area contributed by atoms with Gasteiger partial charge in [-0.05, 0) is 48.6 Å². The zero-order valence-corrected chi connectivity index (χ0v) is 18.4. The summed E-state index contributed by atoms with van der Waals surface area (Å²) in [6, 6.07) is 10.3. The maximum atomic E-state index is 13.4. The predicted molar refractivity (Wildman–Crippen MR) is 123 cm³/mol. The highest BCUT2D eigenvalue weighted by Gasteiger charge is 2.61. The molecular weight excluding hydrogens is 452 g/mol. The van der Waals surface area contributed by atoms with Gasteiger partial charge in [-0.15, -0.1) is 0 Å². The maximum absolute atomic E-state index is 13.4. The van der Waals surface area contributed by atoms with Crippen LogP contribution in [0, 0.1) is 33.8 Å². The van der Waals surface area contributed by atoms with Gasteiger partial charge in [-0.2, -0.15) is 0 Å². The lowest BCUT2D eigenvalue weighted by Crippen LogP contribution is -2.38. The molecule has 3 aliphatic rings. The van der Waals surface area contributed by atoms with E-state index in [4.69, 9.17) is 4.42 Å². The van der Waals surface area contributed by atoms with Crippen LogP contribution in [-0.2, 0) is 14.4 Å². The average molecular weight is 472 g/mol. The second kappa shape index (κ2) is 7.86. The van der Waals surface area contributed by atoms with Gasteiger partial charge in [0.2, 0.25) is 17.7 Å². The predicted octanol–water partition coefficient (Wildman–Crippen LogP) is 3.61. The van der Waals surface area contributed by atoms with Crippen LogP contribution in [0.15, 0.2) is 65.2 Å². The van der Waals surface area contributed by atoms with Gasteiger partial charge in [-0.25, -0.2) is 0 Å². The second-order valence-electron chi connectivity index (χ2n) is 9.16. The molecule has 3 heterocycles. The average Bonchev–Trinajstić information content (AvgIpc) is 3.62. The van der Waals surface area contributed by atoms with Gasteiger partial charge in [-0.1, -0.05) is 18.2 Å². The number of benzene rings is 1. The molecule has 1 aromatic carbocycles. The van der Waals surface area contributed by atoms with E-state index in [1.165, 1.54) is 6.07 Å². The number of hydrogen-bond acceptors (Lipinski definition) is 7. The highest BCUT2D eigenvalue weighted by molar-refractivity contribution is 6.07. The van der Waals surface area contributed by atoms with Crippen LogP contribution in [0.1, 0.15) is 24.6 Å². The summed E-state index contributed by atoms with van der Waals surface area (Å²) in [4.78, 5) is 55.7. The minimum absolute atomic E-state index is 0.00178. The Morgan fingerprint density at radius 2 is 1.89 bits per heavy atom. The van der Waals surface area contributed by atoms with Crippen molar-refractivity contribution in [3.63, 3.8) is 0 Å². The number of nitrogens with one attached hydrogen (secondary N) is 1. The van der Waals surface area contributed by atoms with Crippen LogP contribution in [0.5, 0.6) is 0 Å². The summed E-state index contributed by atoms with van der Waals surface area (Å²) >= 11 is 0. The van der Waals surface area contributed by atoms with E-state index >= 15 is 0 Å². The van der Waals surface area contributed by atoms with Crippen molar-refractivity contribution in [3.8, 4) is 0 Å². The smallest absolute Gasteiger partial charge is 0.404 e. The Morgan fingerprint density at radius 3 is 2.57 bits per heavy atom. The molecule has 1 aliphatic heterocycles. The first kappa shape index (κ1) is 21.2.